The van der Waals surface area contributed by atoms with Crippen molar-refractivity contribution in [3.05, 3.63) is 135 Å². The van der Waals surface area contributed by atoms with Gasteiger partial charge in [0.05, 0.1) is 12.7 Å². The van der Waals surface area contributed by atoms with Gasteiger partial charge in [0.1, 0.15) is 11.5 Å². The Morgan fingerprint density at radius 3 is 1.09 bits per heavy atom. The van der Waals surface area contributed by atoms with Gasteiger partial charge in [-0.05, 0) is 45.5 Å². The van der Waals surface area contributed by atoms with Gasteiger partial charge in [-0.25, -0.2) is 9.97 Å². The number of phenolic OH excluding ortho intramolecular Hbond substituents is 2. The van der Waals surface area contributed by atoms with Crippen LogP contribution in [-0.2, 0) is 42.7 Å². The number of imidazole rings is 2. The normalized spacial score (nSPS) is 10.3. The minimum atomic E-state index is -2.41. The molecule has 226 valence electrons. The van der Waals surface area contributed by atoms with Gasteiger partial charge in [0, 0.05) is 80.6 Å². The molecule has 0 fully saturated rings. The number of rotatable bonds is 4. The number of para-hydroxylation sites is 2. The average Bonchev–Trinajstić information content (AvgIpc) is 3.72. The van der Waals surface area contributed by atoms with Crippen LogP contribution in [0.1, 0.15) is 0 Å². The number of hydrogen-bond donors (Lipinski definition) is 4. The third-order valence-electron chi connectivity index (χ3n) is 5.88. The fourth-order valence-electron chi connectivity index (χ4n) is 3.79. The summed E-state index contributed by atoms with van der Waals surface area (Å²) >= 11 is 0. The Bertz CT molecular complexity index is 1650. The topological polar surface area (TPSA) is 151 Å². The molecule has 0 amide bonds. The van der Waals surface area contributed by atoms with Crippen LogP contribution in [0.25, 0.3) is 22.3 Å². The zero-order valence-corrected chi connectivity index (χ0v) is 29.5. The molecule has 0 aliphatic carbocycles. The summed E-state index contributed by atoms with van der Waals surface area (Å²) in [6.45, 7) is 0. The Morgan fingerprint density at radius 2 is 0.844 bits per heavy atom. The standard InChI is InChI=1S/2C12H9O3P.2C4H6N2.Zn/c2*13-11-7-3-1-5-9(11)10-6-2-4-8-12(10)16(14)15;2*1-6-3-2-5-4-6;/h2*1-8H,(H-,13,14,15);2*2-4H,1H3;/p+2. The molecule has 6 rings (SSSR count). The molecule has 13 heteroatoms. The molecule has 2 atom stereocenters. The van der Waals surface area contributed by atoms with Crippen LogP contribution >= 0.6 is 16.1 Å². The maximum Gasteiger partial charge on any atom is 0.546 e. The Labute approximate surface area is 275 Å². The Balaban J connectivity index is 0.000000227. The largest absolute Gasteiger partial charge is 0.546 e. The monoisotopic (exact) mass is 694 g/mol. The van der Waals surface area contributed by atoms with Gasteiger partial charge >= 0.3 is 16.1 Å². The van der Waals surface area contributed by atoms with Crippen LogP contribution in [-0.4, -0.2) is 39.1 Å². The molecule has 2 unspecified atom stereocenters. The van der Waals surface area contributed by atoms with E-state index in [1.54, 1.807) is 122 Å². The van der Waals surface area contributed by atoms with E-state index in [4.69, 9.17) is 0 Å². The molecule has 0 aliphatic heterocycles. The third-order valence-corrected chi connectivity index (χ3v) is 7.49. The second-order valence-corrected chi connectivity index (χ2v) is 11.1. The molecule has 0 bridgehead atoms. The zero-order valence-electron chi connectivity index (χ0n) is 24.7. The van der Waals surface area contributed by atoms with Gasteiger partial charge in [-0.1, -0.05) is 60.7 Å². The van der Waals surface area contributed by atoms with Gasteiger partial charge in [0.2, 0.25) is 10.6 Å². The van der Waals surface area contributed by atoms with Crippen LogP contribution in [0.3, 0.4) is 0 Å². The van der Waals surface area contributed by atoms with Crippen LogP contribution in [0.5, 0.6) is 11.5 Å². The first-order chi connectivity index (χ1) is 21.2. The predicted molar refractivity (Wildman–Crippen MR) is 172 cm³/mol. The van der Waals surface area contributed by atoms with Crippen molar-refractivity contribution in [3.8, 4) is 33.8 Å². The van der Waals surface area contributed by atoms with E-state index in [1.807, 2.05) is 35.6 Å². The second-order valence-electron chi connectivity index (χ2n) is 9.07. The van der Waals surface area contributed by atoms with Crippen LogP contribution in [0.4, 0.5) is 0 Å². The van der Waals surface area contributed by atoms with Crippen molar-refractivity contribution in [1.29, 1.82) is 0 Å². The minimum Gasteiger partial charge on any atom is -0.507 e. The first kappa shape index (κ1) is 36.8. The van der Waals surface area contributed by atoms with Gasteiger partial charge in [-0.2, -0.15) is 9.79 Å². The summed E-state index contributed by atoms with van der Waals surface area (Å²) in [5, 5.41) is 20.1. The molecule has 0 radical (unpaired) electrons. The Hall–Kier alpha value is -4.36. The van der Waals surface area contributed by atoms with Crippen LogP contribution < -0.4 is 10.6 Å². The van der Waals surface area contributed by atoms with E-state index in [-0.39, 0.29) is 31.0 Å². The SMILES string of the molecule is Cn1ccnc1.Cn1ccnc1.O=[P+](O)c1ccccc1-c1ccccc1O.O=[P+](O)c1ccccc1-c1ccccc1O.[Zn]. The van der Waals surface area contributed by atoms with Gasteiger partial charge in [0.15, 0.2) is 0 Å². The van der Waals surface area contributed by atoms with E-state index in [0.717, 1.165) is 0 Å². The molecule has 0 spiro atoms. The van der Waals surface area contributed by atoms with Gasteiger partial charge < -0.3 is 19.3 Å². The van der Waals surface area contributed by atoms with Crippen molar-refractivity contribution < 1.29 is 48.6 Å². The number of aromatic hydroxyl groups is 2. The van der Waals surface area contributed by atoms with E-state index >= 15 is 0 Å². The average molecular weight is 696 g/mol. The van der Waals surface area contributed by atoms with Gasteiger partial charge in [0.25, 0.3) is 0 Å². The fourth-order valence-corrected chi connectivity index (χ4v) is 5.02. The number of aromatic nitrogens is 4. The molecule has 2 heterocycles. The summed E-state index contributed by atoms with van der Waals surface area (Å²) in [4.78, 5) is 25.9. The van der Waals surface area contributed by atoms with E-state index in [1.165, 1.54) is 0 Å². The summed E-state index contributed by atoms with van der Waals surface area (Å²) in [6.07, 6.45) is 10.8. The van der Waals surface area contributed by atoms with Crippen LogP contribution in [0, 0.1) is 0 Å². The van der Waals surface area contributed by atoms with Crippen molar-refractivity contribution in [2.24, 2.45) is 14.1 Å². The zero-order chi connectivity index (χ0) is 31.9. The number of aryl methyl sites for hydroxylation is 2. The maximum atomic E-state index is 11.2. The van der Waals surface area contributed by atoms with Crippen molar-refractivity contribution in [3.63, 3.8) is 0 Å². The van der Waals surface area contributed by atoms with Crippen molar-refractivity contribution in [2.75, 3.05) is 0 Å². The van der Waals surface area contributed by atoms with E-state index < -0.39 is 16.1 Å². The van der Waals surface area contributed by atoms with Crippen molar-refractivity contribution in [2.45, 2.75) is 0 Å². The van der Waals surface area contributed by atoms with E-state index in [2.05, 4.69) is 9.97 Å². The first-order valence-electron chi connectivity index (χ1n) is 13.1. The molecule has 0 aliphatic rings. The summed E-state index contributed by atoms with van der Waals surface area (Å²) < 4.78 is 26.1. The smallest absolute Gasteiger partial charge is 0.507 e. The number of nitrogens with zero attached hydrogens (tertiary/aromatic N) is 4. The maximum absolute atomic E-state index is 11.2. The summed E-state index contributed by atoms with van der Waals surface area (Å²) in [6, 6.07) is 27.0. The molecule has 4 aromatic carbocycles. The molecule has 45 heavy (non-hydrogen) atoms. The molecule has 6 aromatic rings. The van der Waals surface area contributed by atoms with Gasteiger partial charge in [-0.3, -0.25) is 0 Å². The molecular formula is C32H32N4O6P2Zn+2. The second kappa shape index (κ2) is 19.1. The number of phenols is 2. The molecular weight excluding hydrogens is 664 g/mol. The molecule has 0 saturated heterocycles. The summed E-state index contributed by atoms with van der Waals surface area (Å²) in [5.74, 6) is 0.207. The molecule has 4 N–H and O–H groups in total. The van der Waals surface area contributed by atoms with Crippen molar-refractivity contribution >= 4 is 26.7 Å². The van der Waals surface area contributed by atoms with Gasteiger partial charge in [-0.15, -0.1) is 0 Å². The predicted octanol–water partition coefficient (Wildman–Crippen LogP) is 5.68. The van der Waals surface area contributed by atoms with E-state index in [0.29, 0.717) is 32.9 Å². The minimum absolute atomic E-state index is 0. The molecule has 10 nitrogen and oxygen atoms in total. The van der Waals surface area contributed by atoms with E-state index in [9.17, 15) is 29.1 Å². The van der Waals surface area contributed by atoms with Crippen LogP contribution in [0.15, 0.2) is 135 Å². The Morgan fingerprint density at radius 1 is 0.533 bits per heavy atom. The fraction of sp³-hybridized carbons (Fsp3) is 0.0625. The van der Waals surface area contributed by atoms with Crippen molar-refractivity contribution in [1.82, 2.24) is 19.1 Å². The Kier molecular flexibility index (Phi) is 15.7. The quantitative estimate of drug-likeness (QED) is 0.136. The van der Waals surface area contributed by atoms with Crippen LogP contribution in [0.2, 0.25) is 0 Å². The third kappa shape index (κ3) is 11.6. The molecule has 0 saturated carbocycles. The number of hydrogen-bond acceptors (Lipinski definition) is 6. The first-order valence-corrected chi connectivity index (χ1v) is 15.5. The summed E-state index contributed by atoms with van der Waals surface area (Å²) in [7, 11) is -0.952. The number of benzene rings is 4. The molecule has 2 aromatic heterocycles. The summed E-state index contributed by atoms with van der Waals surface area (Å²) in [5.41, 5.74) is 2.31.